The first-order chi connectivity index (χ1) is 8.08. The topological polar surface area (TPSA) is 41.5 Å². The summed E-state index contributed by atoms with van der Waals surface area (Å²) in [7, 11) is 1.66. The fourth-order valence-electron chi connectivity index (χ4n) is 1.49. The molecule has 96 valence electrons. The number of aliphatic hydroxyl groups excluding tert-OH is 1. The second-order valence-corrected chi connectivity index (χ2v) is 5.77. The minimum Gasteiger partial charge on any atom is -0.495 e. The lowest BCUT2D eigenvalue weighted by atomic mass is 10.1. The molecule has 0 fully saturated rings. The Morgan fingerprint density at radius 3 is 2.71 bits per heavy atom. The molecule has 1 aromatic carbocycles. The molecule has 1 rings (SSSR count). The lowest BCUT2D eigenvalue weighted by Gasteiger charge is -2.14. The van der Waals surface area contributed by atoms with Crippen molar-refractivity contribution >= 4 is 31.9 Å². The molecular formula is C12H17Br2NO2. The normalized spacial score (nSPS) is 12.5. The van der Waals surface area contributed by atoms with Gasteiger partial charge in [-0.3, -0.25) is 0 Å². The first kappa shape index (κ1) is 15.0. The third-order valence-electron chi connectivity index (χ3n) is 2.41. The fraction of sp³-hybridized carbons (Fsp3) is 0.500. The Morgan fingerprint density at radius 2 is 2.12 bits per heavy atom. The van der Waals surface area contributed by atoms with Crippen LogP contribution in [0.25, 0.3) is 0 Å². The van der Waals surface area contributed by atoms with E-state index in [0.717, 1.165) is 26.8 Å². The summed E-state index contributed by atoms with van der Waals surface area (Å²) in [6.45, 7) is 3.70. The van der Waals surface area contributed by atoms with Crippen LogP contribution in [0.5, 0.6) is 5.75 Å². The summed E-state index contributed by atoms with van der Waals surface area (Å²) < 4.78 is 7.30. The molecular weight excluding hydrogens is 350 g/mol. The Balaban J connectivity index is 2.69. The summed E-state index contributed by atoms with van der Waals surface area (Å²) in [5.41, 5.74) is 1.08. The van der Waals surface area contributed by atoms with Crippen molar-refractivity contribution in [3.05, 3.63) is 26.6 Å². The van der Waals surface area contributed by atoms with Crippen LogP contribution in [0.15, 0.2) is 21.1 Å². The van der Waals surface area contributed by atoms with Crippen molar-refractivity contribution in [3.63, 3.8) is 0 Å². The van der Waals surface area contributed by atoms with E-state index in [1.165, 1.54) is 0 Å². The highest BCUT2D eigenvalue weighted by atomic mass is 79.9. The molecule has 0 bridgehead atoms. The molecule has 0 heterocycles. The molecule has 0 spiro atoms. The van der Waals surface area contributed by atoms with Crippen molar-refractivity contribution in [2.75, 3.05) is 20.3 Å². The van der Waals surface area contributed by atoms with E-state index in [4.69, 9.17) is 9.84 Å². The molecule has 3 nitrogen and oxygen atoms in total. The Hall–Kier alpha value is -0.100. The molecule has 0 radical (unpaired) electrons. The summed E-state index contributed by atoms with van der Waals surface area (Å²) in [5, 5.41) is 12.2. The third-order valence-corrected chi connectivity index (χ3v) is 3.46. The first-order valence-corrected chi connectivity index (χ1v) is 7.00. The Kier molecular flexibility index (Phi) is 6.48. The molecule has 1 aromatic rings. The van der Waals surface area contributed by atoms with Crippen LogP contribution in [0.4, 0.5) is 0 Å². The molecule has 17 heavy (non-hydrogen) atoms. The summed E-state index contributed by atoms with van der Waals surface area (Å²) >= 11 is 6.93. The fourth-order valence-corrected chi connectivity index (χ4v) is 2.97. The number of hydrogen-bond acceptors (Lipinski definition) is 3. The minimum absolute atomic E-state index is 0.201. The second kappa shape index (κ2) is 7.36. The van der Waals surface area contributed by atoms with Gasteiger partial charge in [-0.25, -0.2) is 0 Å². The minimum atomic E-state index is 0.201. The van der Waals surface area contributed by atoms with Crippen LogP contribution in [0, 0.1) is 5.92 Å². The van der Waals surface area contributed by atoms with Crippen LogP contribution in [-0.2, 0) is 6.54 Å². The Bertz CT molecular complexity index is 372. The number of benzene rings is 1. The standard InChI is InChI=1S/C12H17Br2NO2/c1-8(7-16)5-15-6-9-3-10(13)4-11(14)12(9)17-2/h3-4,8,15-16H,5-7H2,1-2H3. The van der Waals surface area contributed by atoms with Crippen LogP contribution in [0.1, 0.15) is 12.5 Å². The van der Waals surface area contributed by atoms with Crippen LogP contribution in [0.2, 0.25) is 0 Å². The average Bonchev–Trinajstić information content (AvgIpc) is 2.28. The van der Waals surface area contributed by atoms with Crippen LogP contribution >= 0.6 is 31.9 Å². The maximum Gasteiger partial charge on any atom is 0.137 e. The lowest BCUT2D eigenvalue weighted by Crippen LogP contribution is -2.23. The van der Waals surface area contributed by atoms with E-state index in [1.54, 1.807) is 7.11 Å². The molecule has 0 aliphatic carbocycles. The smallest absolute Gasteiger partial charge is 0.137 e. The molecule has 0 saturated carbocycles. The van der Waals surface area contributed by atoms with Crippen molar-refractivity contribution < 1.29 is 9.84 Å². The van der Waals surface area contributed by atoms with Gasteiger partial charge >= 0.3 is 0 Å². The molecule has 1 atom stereocenters. The van der Waals surface area contributed by atoms with E-state index in [0.29, 0.717) is 6.54 Å². The predicted molar refractivity (Wildman–Crippen MR) is 76.4 cm³/mol. The van der Waals surface area contributed by atoms with Crippen LogP contribution < -0.4 is 10.1 Å². The van der Waals surface area contributed by atoms with Crippen molar-refractivity contribution in [3.8, 4) is 5.75 Å². The predicted octanol–water partition coefficient (Wildman–Crippen LogP) is 2.94. The first-order valence-electron chi connectivity index (χ1n) is 5.42. The highest BCUT2D eigenvalue weighted by Crippen LogP contribution is 2.32. The summed E-state index contributed by atoms with van der Waals surface area (Å²) in [4.78, 5) is 0. The monoisotopic (exact) mass is 365 g/mol. The molecule has 0 aliphatic rings. The quantitative estimate of drug-likeness (QED) is 0.813. The van der Waals surface area contributed by atoms with Gasteiger partial charge in [0.05, 0.1) is 11.6 Å². The van der Waals surface area contributed by atoms with Gasteiger partial charge in [0.1, 0.15) is 5.75 Å². The number of hydrogen-bond donors (Lipinski definition) is 2. The molecule has 0 aromatic heterocycles. The van der Waals surface area contributed by atoms with E-state index in [9.17, 15) is 0 Å². The zero-order chi connectivity index (χ0) is 12.8. The molecule has 2 N–H and O–H groups in total. The van der Waals surface area contributed by atoms with Gasteiger partial charge in [0, 0.05) is 29.7 Å². The van der Waals surface area contributed by atoms with E-state index >= 15 is 0 Å². The average molecular weight is 367 g/mol. The van der Waals surface area contributed by atoms with Crippen LogP contribution in [0.3, 0.4) is 0 Å². The van der Waals surface area contributed by atoms with Crippen molar-refractivity contribution in [2.24, 2.45) is 5.92 Å². The molecule has 0 saturated heterocycles. The molecule has 0 aliphatic heterocycles. The summed E-state index contributed by atoms with van der Waals surface area (Å²) in [6.07, 6.45) is 0. The van der Waals surface area contributed by atoms with Crippen molar-refractivity contribution in [1.82, 2.24) is 5.32 Å². The number of ether oxygens (including phenoxy) is 1. The largest absolute Gasteiger partial charge is 0.495 e. The van der Waals surface area contributed by atoms with Crippen LogP contribution in [-0.4, -0.2) is 25.4 Å². The van der Waals surface area contributed by atoms with Gasteiger partial charge in [-0.15, -0.1) is 0 Å². The Morgan fingerprint density at radius 1 is 1.41 bits per heavy atom. The van der Waals surface area contributed by atoms with Gasteiger partial charge in [-0.05, 0) is 34.0 Å². The van der Waals surface area contributed by atoms with E-state index in [2.05, 4.69) is 37.2 Å². The number of methoxy groups -OCH3 is 1. The SMILES string of the molecule is COc1c(Br)cc(Br)cc1CNCC(C)CO. The maximum atomic E-state index is 8.94. The van der Waals surface area contributed by atoms with Gasteiger partial charge in [0.25, 0.3) is 0 Å². The zero-order valence-electron chi connectivity index (χ0n) is 9.96. The highest BCUT2D eigenvalue weighted by Gasteiger charge is 2.09. The molecule has 5 heteroatoms. The maximum absolute atomic E-state index is 8.94. The second-order valence-electron chi connectivity index (χ2n) is 4.00. The van der Waals surface area contributed by atoms with Gasteiger partial charge < -0.3 is 15.2 Å². The summed E-state index contributed by atoms with van der Waals surface area (Å²) in [5.74, 6) is 1.11. The molecule has 0 amide bonds. The highest BCUT2D eigenvalue weighted by molar-refractivity contribution is 9.11. The van der Waals surface area contributed by atoms with Crippen molar-refractivity contribution in [2.45, 2.75) is 13.5 Å². The van der Waals surface area contributed by atoms with Gasteiger partial charge in [-0.1, -0.05) is 22.9 Å². The van der Waals surface area contributed by atoms with Gasteiger partial charge in [0.15, 0.2) is 0 Å². The van der Waals surface area contributed by atoms with E-state index in [1.807, 2.05) is 19.1 Å². The zero-order valence-corrected chi connectivity index (χ0v) is 13.1. The number of aliphatic hydroxyl groups is 1. The summed E-state index contributed by atoms with van der Waals surface area (Å²) in [6, 6.07) is 3.99. The number of rotatable bonds is 6. The molecule has 1 unspecified atom stereocenters. The van der Waals surface area contributed by atoms with Crippen molar-refractivity contribution in [1.29, 1.82) is 0 Å². The third kappa shape index (κ3) is 4.58. The lowest BCUT2D eigenvalue weighted by molar-refractivity contribution is 0.233. The Labute approximate surface area is 119 Å². The van der Waals surface area contributed by atoms with E-state index < -0.39 is 0 Å². The van der Waals surface area contributed by atoms with E-state index in [-0.39, 0.29) is 12.5 Å². The van der Waals surface area contributed by atoms with Gasteiger partial charge in [0.2, 0.25) is 0 Å². The number of nitrogens with one attached hydrogen (secondary N) is 1. The number of halogens is 2. The van der Waals surface area contributed by atoms with Gasteiger partial charge in [-0.2, -0.15) is 0 Å².